The highest BCUT2D eigenvalue weighted by Crippen LogP contribution is 1.87. The van der Waals surface area contributed by atoms with Gasteiger partial charge in [-0.2, -0.15) is 0 Å². The van der Waals surface area contributed by atoms with E-state index in [0.29, 0.717) is 6.54 Å². The molecule has 0 aromatic carbocycles. The second kappa shape index (κ2) is 9.82. The number of nitrogens with zero attached hydrogens (tertiary/aromatic N) is 1. The van der Waals surface area contributed by atoms with Gasteiger partial charge in [0.1, 0.15) is 9.84 Å². The van der Waals surface area contributed by atoms with Crippen LogP contribution in [0.3, 0.4) is 0 Å². The summed E-state index contributed by atoms with van der Waals surface area (Å²) in [5.74, 6) is 0.206. The summed E-state index contributed by atoms with van der Waals surface area (Å²) in [6.07, 6.45) is 1.26. The molecule has 0 saturated heterocycles. The Morgan fingerprint density at radius 2 is 1.88 bits per heavy atom. The summed E-state index contributed by atoms with van der Waals surface area (Å²) in [5.41, 5.74) is 0. The zero-order valence-electron chi connectivity index (χ0n) is 11.2. The minimum absolute atomic E-state index is 0.206. The van der Waals surface area contributed by atoms with E-state index in [9.17, 15) is 8.42 Å². The minimum atomic E-state index is -2.84. The van der Waals surface area contributed by atoms with Crippen LogP contribution in [-0.2, 0) is 14.6 Å². The van der Waals surface area contributed by atoms with Gasteiger partial charge in [0.2, 0.25) is 0 Å². The van der Waals surface area contributed by atoms with Crippen LogP contribution in [0, 0.1) is 0 Å². The molecule has 0 spiro atoms. The minimum Gasteiger partial charge on any atom is -0.380 e. The van der Waals surface area contributed by atoms with Gasteiger partial charge in [-0.3, -0.25) is 0 Å². The number of sulfone groups is 1. The molecule has 0 radical (unpaired) electrons. The van der Waals surface area contributed by atoms with Gasteiger partial charge < -0.3 is 15.0 Å². The third-order valence-electron chi connectivity index (χ3n) is 2.46. The van der Waals surface area contributed by atoms with Crippen molar-refractivity contribution in [2.75, 3.05) is 57.9 Å². The molecule has 0 aliphatic heterocycles. The summed E-state index contributed by atoms with van der Waals surface area (Å²) in [6, 6.07) is 0. The fourth-order valence-corrected chi connectivity index (χ4v) is 1.90. The molecule has 0 atom stereocenters. The van der Waals surface area contributed by atoms with Crippen molar-refractivity contribution in [1.29, 1.82) is 0 Å². The molecule has 0 fully saturated rings. The highest BCUT2D eigenvalue weighted by Gasteiger charge is 2.03. The SMILES string of the molecule is CCOCCN(CC)CCNCCS(C)(=O)=O. The quantitative estimate of drug-likeness (QED) is 0.533. The number of nitrogens with one attached hydrogen (secondary N) is 1. The number of hydrogen-bond acceptors (Lipinski definition) is 5. The van der Waals surface area contributed by atoms with Crippen LogP contribution < -0.4 is 5.32 Å². The molecule has 0 aliphatic rings. The number of rotatable bonds is 11. The predicted octanol–water partition coefficient (Wildman–Crippen LogP) is -0.0210. The zero-order chi connectivity index (χ0) is 13.1. The van der Waals surface area contributed by atoms with E-state index in [1.54, 1.807) is 0 Å². The van der Waals surface area contributed by atoms with Crippen LogP contribution in [0.1, 0.15) is 13.8 Å². The van der Waals surface area contributed by atoms with Crippen LogP contribution in [0.4, 0.5) is 0 Å². The Morgan fingerprint density at radius 1 is 1.18 bits per heavy atom. The third-order valence-corrected chi connectivity index (χ3v) is 3.40. The summed E-state index contributed by atoms with van der Waals surface area (Å²) in [4.78, 5) is 2.28. The highest BCUT2D eigenvalue weighted by atomic mass is 32.2. The van der Waals surface area contributed by atoms with E-state index in [0.717, 1.165) is 39.4 Å². The lowest BCUT2D eigenvalue weighted by Gasteiger charge is -2.20. The Bertz CT molecular complexity index is 268. The Morgan fingerprint density at radius 3 is 2.41 bits per heavy atom. The second-order valence-electron chi connectivity index (χ2n) is 4.01. The standard InChI is InChI=1S/C11H26N2O3S/c1-4-13(9-10-16-5-2)8-6-12-7-11-17(3,14)15/h12H,4-11H2,1-3H3. The van der Waals surface area contributed by atoms with Gasteiger partial charge in [0.15, 0.2) is 0 Å². The molecule has 0 unspecified atom stereocenters. The molecule has 17 heavy (non-hydrogen) atoms. The van der Waals surface area contributed by atoms with E-state index in [1.807, 2.05) is 6.92 Å². The smallest absolute Gasteiger partial charge is 0.148 e. The first-order valence-electron chi connectivity index (χ1n) is 6.18. The predicted molar refractivity (Wildman–Crippen MR) is 71.2 cm³/mol. The Balaban J connectivity index is 3.49. The Hall–Kier alpha value is -0.170. The Kier molecular flexibility index (Phi) is 9.72. The molecule has 6 heteroatoms. The van der Waals surface area contributed by atoms with E-state index < -0.39 is 9.84 Å². The maximum absolute atomic E-state index is 10.9. The number of ether oxygens (including phenoxy) is 1. The molecule has 1 N–H and O–H groups in total. The normalized spacial score (nSPS) is 12.2. The van der Waals surface area contributed by atoms with Gasteiger partial charge in [-0.1, -0.05) is 6.92 Å². The van der Waals surface area contributed by atoms with Crippen LogP contribution in [0.5, 0.6) is 0 Å². The van der Waals surface area contributed by atoms with Gasteiger partial charge in [0, 0.05) is 39.0 Å². The van der Waals surface area contributed by atoms with Gasteiger partial charge in [0.05, 0.1) is 12.4 Å². The third kappa shape index (κ3) is 12.1. The lowest BCUT2D eigenvalue weighted by atomic mass is 10.4. The maximum atomic E-state index is 10.9. The van der Waals surface area contributed by atoms with E-state index >= 15 is 0 Å². The fourth-order valence-electron chi connectivity index (χ4n) is 1.39. The molecule has 0 aliphatic carbocycles. The van der Waals surface area contributed by atoms with Crippen LogP contribution in [0.2, 0.25) is 0 Å². The molecule has 0 aromatic heterocycles. The molecule has 0 heterocycles. The van der Waals surface area contributed by atoms with Crippen molar-refractivity contribution < 1.29 is 13.2 Å². The summed E-state index contributed by atoms with van der Waals surface area (Å²) in [5, 5.41) is 3.14. The average Bonchev–Trinajstić information content (AvgIpc) is 2.25. The summed E-state index contributed by atoms with van der Waals surface area (Å²) < 4.78 is 27.1. The first-order valence-corrected chi connectivity index (χ1v) is 8.24. The molecule has 5 nitrogen and oxygen atoms in total. The largest absolute Gasteiger partial charge is 0.380 e. The summed E-state index contributed by atoms with van der Waals surface area (Å²) >= 11 is 0. The fraction of sp³-hybridized carbons (Fsp3) is 1.00. The van der Waals surface area contributed by atoms with Gasteiger partial charge in [0.25, 0.3) is 0 Å². The first kappa shape index (κ1) is 16.8. The molecular weight excluding hydrogens is 240 g/mol. The topological polar surface area (TPSA) is 58.6 Å². The molecule has 0 bridgehead atoms. The van der Waals surface area contributed by atoms with Crippen molar-refractivity contribution in [2.24, 2.45) is 0 Å². The number of likely N-dealkylation sites (N-methyl/N-ethyl adjacent to an activating group) is 1. The molecule has 0 rings (SSSR count). The molecule has 0 saturated carbocycles. The zero-order valence-corrected chi connectivity index (χ0v) is 12.1. The molecular formula is C11H26N2O3S. The van der Waals surface area contributed by atoms with Crippen LogP contribution in [0.15, 0.2) is 0 Å². The molecule has 104 valence electrons. The summed E-state index contributed by atoms with van der Waals surface area (Å²) in [6.45, 7) is 9.80. The van der Waals surface area contributed by atoms with Crippen molar-refractivity contribution >= 4 is 9.84 Å². The molecule has 0 aromatic rings. The second-order valence-corrected chi connectivity index (χ2v) is 6.27. The van der Waals surface area contributed by atoms with Gasteiger partial charge >= 0.3 is 0 Å². The van der Waals surface area contributed by atoms with Crippen molar-refractivity contribution in [2.45, 2.75) is 13.8 Å². The first-order chi connectivity index (χ1) is 7.99. The van der Waals surface area contributed by atoms with Gasteiger partial charge in [-0.25, -0.2) is 8.42 Å². The lowest BCUT2D eigenvalue weighted by Crippen LogP contribution is -2.35. The highest BCUT2D eigenvalue weighted by molar-refractivity contribution is 7.90. The van der Waals surface area contributed by atoms with E-state index in [1.165, 1.54) is 6.26 Å². The number of hydrogen-bond donors (Lipinski definition) is 1. The Labute approximate surface area is 105 Å². The van der Waals surface area contributed by atoms with Crippen molar-refractivity contribution in [1.82, 2.24) is 10.2 Å². The molecule has 0 amide bonds. The van der Waals surface area contributed by atoms with E-state index in [4.69, 9.17) is 4.74 Å². The van der Waals surface area contributed by atoms with E-state index in [2.05, 4.69) is 17.1 Å². The van der Waals surface area contributed by atoms with Crippen LogP contribution in [0.25, 0.3) is 0 Å². The van der Waals surface area contributed by atoms with Crippen LogP contribution in [-0.4, -0.2) is 71.3 Å². The van der Waals surface area contributed by atoms with Gasteiger partial charge in [-0.15, -0.1) is 0 Å². The van der Waals surface area contributed by atoms with Crippen LogP contribution >= 0.6 is 0 Å². The van der Waals surface area contributed by atoms with Crippen molar-refractivity contribution in [3.05, 3.63) is 0 Å². The van der Waals surface area contributed by atoms with E-state index in [-0.39, 0.29) is 5.75 Å². The van der Waals surface area contributed by atoms with Crippen molar-refractivity contribution in [3.63, 3.8) is 0 Å². The van der Waals surface area contributed by atoms with Crippen molar-refractivity contribution in [3.8, 4) is 0 Å². The summed E-state index contributed by atoms with van der Waals surface area (Å²) in [7, 11) is -2.84. The maximum Gasteiger partial charge on any atom is 0.148 e. The monoisotopic (exact) mass is 266 g/mol. The average molecular weight is 266 g/mol. The van der Waals surface area contributed by atoms with Gasteiger partial charge in [-0.05, 0) is 13.5 Å². The lowest BCUT2D eigenvalue weighted by molar-refractivity contribution is 0.115.